The first-order chi connectivity index (χ1) is 17.2. The number of ether oxygens (including phenoxy) is 1. The number of nitrogens with zero attached hydrogens (tertiary/aromatic N) is 4. The van der Waals surface area contributed by atoms with E-state index in [2.05, 4.69) is 53.3 Å². The van der Waals surface area contributed by atoms with Crippen LogP contribution in [0.3, 0.4) is 0 Å². The van der Waals surface area contributed by atoms with Crippen molar-refractivity contribution in [2.75, 3.05) is 20.3 Å². The lowest BCUT2D eigenvalue weighted by Crippen LogP contribution is -2.42. The molecule has 5 rings (SSSR count). The summed E-state index contributed by atoms with van der Waals surface area (Å²) in [5.74, 6) is 0.990. The Morgan fingerprint density at radius 1 is 1.06 bits per heavy atom. The molecule has 7 nitrogen and oxygen atoms in total. The van der Waals surface area contributed by atoms with E-state index < -0.39 is 0 Å². The Hall–Kier alpha value is -3.84. The topological polar surface area (TPSA) is 64.3 Å². The number of aryl methyl sites for hydroxylation is 1. The third-order valence-corrected chi connectivity index (χ3v) is 6.48. The Labute approximate surface area is 205 Å². The zero-order valence-electron chi connectivity index (χ0n) is 20.2. The molecule has 2 amide bonds. The molecule has 0 radical (unpaired) electrons. The number of fused-ring (bicyclic) bond motifs is 3. The molecule has 0 fully saturated rings. The summed E-state index contributed by atoms with van der Waals surface area (Å²) < 4.78 is 9.37. The second-order valence-electron chi connectivity index (χ2n) is 8.67. The fourth-order valence-electron chi connectivity index (χ4n) is 4.85. The Bertz CT molecular complexity index is 1280. The highest BCUT2D eigenvalue weighted by Gasteiger charge is 2.36. The van der Waals surface area contributed by atoms with Gasteiger partial charge in [0.05, 0.1) is 29.7 Å². The third-order valence-electron chi connectivity index (χ3n) is 6.48. The van der Waals surface area contributed by atoms with E-state index in [1.54, 1.807) is 7.11 Å². The van der Waals surface area contributed by atoms with Crippen molar-refractivity contribution in [1.29, 1.82) is 0 Å². The smallest absolute Gasteiger partial charge is 0.318 e. The predicted molar refractivity (Wildman–Crippen MR) is 136 cm³/mol. The van der Waals surface area contributed by atoms with Gasteiger partial charge >= 0.3 is 6.03 Å². The Kier molecular flexibility index (Phi) is 6.68. The summed E-state index contributed by atoms with van der Waals surface area (Å²) in [5, 5.41) is 8.11. The van der Waals surface area contributed by atoms with Gasteiger partial charge in [0, 0.05) is 32.0 Å². The monoisotopic (exact) mass is 469 g/mol. The maximum Gasteiger partial charge on any atom is 0.318 e. The van der Waals surface area contributed by atoms with Crippen LogP contribution in [-0.2, 0) is 17.7 Å². The minimum atomic E-state index is -0.241. The molecule has 180 valence electrons. The number of hydrogen-bond donors (Lipinski definition) is 1. The molecule has 1 atom stereocenters. The van der Waals surface area contributed by atoms with Crippen molar-refractivity contribution in [3.05, 3.63) is 102 Å². The van der Waals surface area contributed by atoms with Gasteiger partial charge in [0.1, 0.15) is 5.82 Å². The van der Waals surface area contributed by atoms with E-state index in [1.165, 1.54) is 0 Å². The van der Waals surface area contributed by atoms with Crippen molar-refractivity contribution >= 4 is 6.03 Å². The highest BCUT2D eigenvalue weighted by molar-refractivity contribution is 5.76. The number of hydrogen-bond acceptors (Lipinski definition) is 3. The standard InChI is InChI=1S/C28H31N5O2/c1-3-24-23-20-32(28(34)29-17-11-19-35-2)26(21-12-6-4-7-13-21)25-16-10-18-31(25)27(23)33(30-24)22-14-8-5-9-15-22/h4-10,12-16,18,26H,3,11,17,19-20H2,1-2H3,(H,29,34)/t26-/m1/s1. The van der Waals surface area contributed by atoms with Crippen LogP contribution in [0.4, 0.5) is 4.79 Å². The number of methoxy groups -OCH3 is 1. The summed E-state index contributed by atoms with van der Waals surface area (Å²) in [4.78, 5) is 15.6. The van der Waals surface area contributed by atoms with Gasteiger partial charge in [-0.1, -0.05) is 55.5 Å². The number of nitrogens with one attached hydrogen (secondary N) is 1. The largest absolute Gasteiger partial charge is 0.385 e. The molecule has 35 heavy (non-hydrogen) atoms. The van der Waals surface area contributed by atoms with Crippen molar-refractivity contribution in [3.63, 3.8) is 0 Å². The van der Waals surface area contributed by atoms with Gasteiger partial charge in [-0.3, -0.25) is 0 Å². The van der Waals surface area contributed by atoms with Crippen molar-refractivity contribution in [2.24, 2.45) is 0 Å². The average molecular weight is 470 g/mol. The molecule has 0 bridgehead atoms. The predicted octanol–water partition coefficient (Wildman–Crippen LogP) is 4.88. The molecular formula is C28H31N5O2. The molecule has 0 saturated heterocycles. The van der Waals surface area contributed by atoms with Crippen LogP contribution >= 0.6 is 0 Å². The molecular weight excluding hydrogens is 438 g/mol. The lowest BCUT2D eigenvalue weighted by molar-refractivity contribution is 0.174. The number of urea groups is 1. The minimum Gasteiger partial charge on any atom is -0.385 e. The van der Waals surface area contributed by atoms with Crippen LogP contribution in [0, 0.1) is 0 Å². The minimum absolute atomic E-state index is 0.0925. The fourth-order valence-corrected chi connectivity index (χ4v) is 4.85. The first-order valence-corrected chi connectivity index (χ1v) is 12.1. The second kappa shape index (κ2) is 10.2. The summed E-state index contributed by atoms with van der Waals surface area (Å²) in [5.41, 5.74) is 5.16. The lowest BCUT2D eigenvalue weighted by atomic mass is 10.0. The van der Waals surface area contributed by atoms with Gasteiger partial charge in [0.15, 0.2) is 0 Å². The molecule has 2 aromatic carbocycles. The summed E-state index contributed by atoms with van der Waals surface area (Å²) in [6.45, 7) is 3.74. The number of carbonyl (C=O) groups excluding carboxylic acids is 1. The van der Waals surface area contributed by atoms with E-state index in [1.807, 2.05) is 52.0 Å². The number of benzene rings is 2. The Morgan fingerprint density at radius 3 is 2.51 bits per heavy atom. The average Bonchev–Trinajstić information content (AvgIpc) is 3.48. The number of para-hydroxylation sites is 1. The molecule has 0 saturated carbocycles. The first-order valence-electron chi connectivity index (χ1n) is 12.1. The van der Waals surface area contributed by atoms with E-state index in [0.717, 1.165) is 46.9 Å². The number of aromatic nitrogens is 3. The molecule has 7 heteroatoms. The normalized spacial score (nSPS) is 14.8. The molecule has 3 heterocycles. The van der Waals surface area contributed by atoms with Crippen LogP contribution < -0.4 is 5.32 Å². The van der Waals surface area contributed by atoms with Gasteiger partial charge < -0.3 is 19.5 Å². The third kappa shape index (κ3) is 4.35. The molecule has 0 aliphatic carbocycles. The molecule has 0 unspecified atom stereocenters. The summed E-state index contributed by atoms with van der Waals surface area (Å²) in [7, 11) is 1.68. The Balaban J connectivity index is 1.67. The lowest BCUT2D eigenvalue weighted by Gasteiger charge is -2.31. The van der Waals surface area contributed by atoms with Gasteiger partial charge in [-0.2, -0.15) is 5.10 Å². The number of amides is 2. The van der Waals surface area contributed by atoms with E-state index in [9.17, 15) is 4.79 Å². The van der Waals surface area contributed by atoms with Gasteiger partial charge in [-0.15, -0.1) is 0 Å². The summed E-state index contributed by atoms with van der Waals surface area (Å²) in [6, 6.07) is 24.2. The number of rotatable bonds is 7. The molecule has 4 aromatic rings. The SMILES string of the molecule is CCc1nn(-c2ccccc2)c2c1CN(C(=O)NCCCOC)[C@H](c1ccccc1)c1cccn1-2. The maximum atomic E-state index is 13.7. The van der Waals surface area contributed by atoms with E-state index in [-0.39, 0.29) is 12.1 Å². The second-order valence-corrected chi connectivity index (χ2v) is 8.67. The first kappa shape index (κ1) is 22.9. The summed E-state index contributed by atoms with van der Waals surface area (Å²) in [6.07, 6.45) is 3.61. The Morgan fingerprint density at radius 2 is 1.80 bits per heavy atom. The molecule has 1 aliphatic heterocycles. The van der Waals surface area contributed by atoms with Crippen LogP contribution in [0.15, 0.2) is 79.0 Å². The highest BCUT2D eigenvalue weighted by Crippen LogP contribution is 2.38. The van der Waals surface area contributed by atoms with Crippen LogP contribution in [0.25, 0.3) is 11.5 Å². The maximum absolute atomic E-state index is 13.7. The molecule has 2 aromatic heterocycles. The van der Waals surface area contributed by atoms with Crippen molar-refractivity contribution in [2.45, 2.75) is 32.4 Å². The van der Waals surface area contributed by atoms with E-state index in [4.69, 9.17) is 9.84 Å². The van der Waals surface area contributed by atoms with Crippen molar-refractivity contribution in [3.8, 4) is 11.5 Å². The van der Waals surface area contributed by atoms with Gasteiger partial charge in [-0.25, -0.2) is 9.48 Å². The zero-order valence-corrected chi connectivity index (χ0v) is 20.2. The molecule has 1 aliphatic rings. The van der Waals surface area contributed by atoms with Gasteiger partial charge in [-0.05, 0) is 42.7 Å². The quantitative estimate of drug-likeness (QED) is 0.393. The van der Waals surface area contributed by atoms with E-state index in [0.29, 0.717) is 19.7 Å². The van der Waals surface area contributed by atoms with Crippen molar-refractivity contribution < 1.29 is 9.53 Å². The summed E-state index contributed by atoms with van der Waals surface area (Å²) >= 11 is 0. The van der Waals surface area contributed by atoms with Crippen LogP contribution in [-0.4, -0.2) is 45.5 Å². The zero-order chi connectivity index (χ0) is 24.2. The molecule has 1 N–H and O–H groups in total. The van der Waals surface area contributed by atoms with Crippen LogP contribution in [0.1, 0.15) is 41.9 Å². The molecule has 0 spiro atoms. The fraction of sp³-hybridized carbons (Fsp3) is 0.286. The van der Waals surface area contributed by atoms with Gasteiger partial charge in [0.2, 0.25) is 0 Å². The van der Waals surface area contributed by atoms with Crippen LogP contribution in [0.2, 0.25) is 0 Å². The van der Waals surface area contributed by atoms with Crippen LogP contribution in [0.5, 0.6) is 0 Å². The highest BCUT2D eigenvalue weighted by atomic mass is 16.5. The van der Waals surface area contributed by atoms with Crippen molar-refractivity contribution in [1.82, 2.24) is 24.6 Å². The number of carbonyl (C=O) groups is 1. The van der Waals surface area contributed by atoms with Gasteiger partial charge in [0.25, 0.3) is 0 Å². The van der Waals surface area contributed by atoms with E-state index >= 15 is 0 Å².